The third kappa shape index (κ3) is 5.88. The summed E-state index contributed by atoms with van der Waals surface area (Å²) in [6.07, 6.45) is 5.46. The van der Waals surface area contributed by atoms with Crippen molar-refractivity contribution >= 4 is 15.9 Å². The zero-order chi connectivity index (χ0) is 11.1. The molecule has 0 amide bonds. The predicted molar refractivity (Wildman–Crippen MR) is 70.7 cm³/mol. The molecule has 2 nitrogen and oxygen atoms in total. The largest absolute Gasteiger partial charge is 0.309 e. The van der Waals surface area contributed by atoms with Gasteiger partial charge in [0.25, 0.3) is 0 Å². The number of likely N-dealkylation sites (tertiary alicyclic amines) is 1. The average Bonchev–Trinajstić information content (AvgIpc) is 2.20. The summed E-state index contributed by atoms with van der Waals surface area (Å²) in [7, 11) is 4.37. The molecule has 0 aliphatic carbocycles. The second-order valence-electron chi connectivity index (χ2n) is 4.94. The average molecular weight is 277 g/mol. The van der Waals surface area contributed by atoms with Crippen LogP contribution < -0.4 is 0 Å². The zero-order valence-electron chi connectivity index (χ0n) is 10.2. The van der Waals surface area contributed by atoms with Crippen molar-refractivity contribution in [1.82, 2.24) is 9.80 Å². The first-order valence-electron chi connectivity index (χ1n) is 6.15. The van der Waals surface area contributed by atoms with Gasteiger partial charge in [0.05, 0.1) is 0 Å². The number of rotatable bonds is 6. The molecule has 1 aliphatic heterocycles. The van der Waals surface area contributed by atoms with E-state index in [-0.39, 0.29) is 0 Å². The van der Waals surface area contributed by atoms with Crippen molar-refractivity contribution in [3.05, 3.63) is 0 Å². The van der Waals surface area contributed by atoms with Gasteiger partial charge in [0, 0.05) is 11.9 Å². The molecule has 0 bridgehead atoms. The maximum absolute atomic E-state index is 3.49. The van der Waals surface area contributed by atoms with E-state index < -0.39 is 0 Å². The van der Waals surface area contributed by atoms with Crippen molar-refractivity contribution in [2.75, 3.05) is 45.6 Å². The van der Waals surface area contributed by atoms with Crippen molar-refractivity contribution in [2.45, 2.75) is 25.7 Å². The Labute approximate surface area is 103 Å². The molecule has 0 aromatic rings. The van der Waals surface area contributed by atoms with Crippen LogP contribution in [0.1, 0.15) is 25.7 Å². The van der Waals surface area contributed by atoms with Crippen LogP contribution in [-0.4, -0.2) is 55.4 Å². The normalized spacial score (nSPS) is 20.0. The molecule has 0 aromatic carbocycles. The first kappa shape index (κ1) is 13.5. The molecule has 15 heavy (non-hydrogen) atoms. The fraction of sp³-hybridized carbons (Fsp3) is 1.00. The van der Waals surface area contributed by atoms with Crippen molar-refractivity contribution < 1.29 is 0 Å². The molecule has 0 spiro atoms. The third-order valence-corrected chi connectivity index (χ3v) is 3.75. The van der Waals surface area contributed by atoms with E-state index in [2.05, 4.69) is 39.8 Å². The molecule has 1 saturated heterocycles. The molecule has 1 fully saturated rings. The highest BCUT2D eigenvalue weighted by Crippen LogP contribution is 2.17. The quantitative estimate of drug-likeness (QED) is 0.543. The summed E-state index contributed by atoms with van der Waals surface area (Å²) in [5.41, 5.74) is 0. The standard InChI is InChI=1S/C12H25BrN2/c1-14(2)11-12-5-9-15(10-6-12)8-4-3-7-13/h12H,3-11H2,1-2H3. The summed E-state index contributed by atoms with van der Waals surface area (Å²) in [4.78, 5) is 4.96. The number of hydrogen-bond acceptors (Lipinski definition) is 2. The Morgan fingerprint density at radius 3 is 2.40 bits per heavy atom. The fourth-order valence-corrected chi connectivity index (χ4v) is 2.74. The molecule has 0 atom stereocenters. The topological polar surface area (TPSA) is 6.48 Å². The first-order chi connectivity index (χ1) is 7.22. The number of halogens is 1. The molecule has 1 heterocycles. The van der Waals surface area contributed by atoms with Gasteiger partial charge >= 0.3 is 0 Å². The summed E-state index contributed by atoms with van der Waals surface area (Å²) in [6.45, 7) is 5.22. The van der Waals surface area contributed by atoms with E-state index in [0.29, 0.717) is 0 Å². The highest BCUT2D eigenvalue weighted by atomic mass is 79.9. The van der Waals surface area contributed by atoms with Crippen LogP contribution in [0.5, 0.6) is 0 Å². The van der Waals surface area contributed by atoms with Crippen molar-refractivity contribution in [3.8, 4) is 0 Å². The van der Waals surface area contributed by atoms with Gasteiger partial charge in [0.1, 0.15) is 0 Å². The van der Waals surface area contributed by atoms with E-state index in [1.54, 1.807) is 0 Å². The van der Waals surface area contributed by atoms with Crippen LogP contribution in [0.15, 0.2) is 0 Å². The Bertz CT molecular complexity index is 154. The summed E-state index contributed by atoms with van der Waals surface area (Å²) in [6, 6.07) is 0. The van der Waals surface area contributed by atoms with Gasteiger partial charge in [-0.15, -0.1) is 0 Å². The fourth-order valence-electron chi connectivity index (χ4n) is 2.34. The number of hydrogen-bond donors (Lipinski definition) is 0. The number of unbranched alkanes of at least 4 members (excludes halogenated alkanes) is 1. The number of nitrogens with zero attached hydrogens (tertiary/aromatic N) is 2. The maximum Gasteiger partial charge on any atom is 0.00317 e. The molecular weight excluding hydrogens is 252 g/mol. The van der Waals surface area contributed by atoms with Crippen molar-refractivity contribution in [2.24, 2.45) is 5.92 Å². The van der Waals surface area contributed by atoms with Crippen LogP contribution >= 0.6 is 15.9 Å². The molecule has 90 valence electrons. The Morgan fingerprint density at radius 1 is 1.20 bits per heavy atom. The van der Waals surface area contributed by atoms with Crippen LogP contribution in [0.25, 0.3) is 0 Å². The van der Waals surface area contributed by atoms with Gasteiger partial charge in [-0.05, 0) is 65.3 Å². The van der Waals surface area contributed by atoms with Gasteiger partial charge in [-0.3, -0.25) is 0 Å². The molecule has 3 heteroatoms. The second-order valence-corrected chi connectivity index (χ2v) is 5.74. The lowest BCUT2D eigenvalue weighted by Crippen LogP contribution is -2.37. The Balaban J connectivity index is 2.07. The summed E-state index contributed by atoms with van der Waals surface area (Å²) in [5, 5.41) is 1.16. The highest BCUT2D eigenvalue weighted by molar-refractivity contribution is 9.09. The lowest BCUT2D eigenvalue weighted by atomic mass is 9.96. The van der Waals surface area contributed by atoms with Crippen LogP contribution in [0, 0.1) is 5.92 Å². The van der Waals surface area contributed by atoms with E-state index in [1.165, 1.54) is 51.9 Å². The van der Waals surface area contributed by atoms with Gasteiger partial charge in [-0.1, -0.05) is 15.9 Å². The minimum Gasteiger partial charge on any atom is -0.309 e. The molecule has 1 rings (SSSR count). The highest BCUT2D eigenvalue weighted by Gasteiger charge is 2.18. The van der Waals surface area contributed by atoms with Gasteiger partial charge in [-0.25, -0.2) is 0 Å². The van der Waals surface area contributed by atoms with Crippen LogP contribution in [0.4, 0.5) is 0 Å². The summed E-state index contributed by atoms with van der Waals surface area (Å²) < 4.78 is 0. The summed E-state index contributed by atoms with van der Waals surface area (Å²) >= 11 is 3.49. The molecule has 0 N–H and O–H groups in total. The minimum atomic E-state index is 0.937. The smallest absolute Gasteiger partial charge is 0.00317 e. The Kier molecular flexibility index (Phi) is 6.86. The minimum absolute atomic E-state index is 0.937. The number of piperidine rings is 1. The maximum atomic E-state index is 3.49. The van der Waals surface area contributed by atoms with Crippen molar-refractivity contribution in [3.63, 3.8) is 0 Å². The monoisotopic (exact) mass is 276 g/mol. The first-order valence-corrected chi connectivity index (χ1v) is 7.27. The van der Waals surface area contributed by atoms with Crippen LogP contribution in [0.3, 0.4) is 0 Å². The second kappa shape index (κ2) is 7.64. The van der Waals surface area contributed by atoms with E-state index in [4.69, 9.17) is 0 Å². The van der Waals surface area contributed by atoms with Crippen LogP contribution in [0.2, 0.25) is 0 Å². The summed E-state index contributed by atoms with van der Waals surface area (Å²) in [5.74, 6) is 0.937. The van der Waals surface area contributed by atoms with Crippen molar-refractivity contribution in [1.29, 1.82) is 0 Å². The molecular formula is C12H25BrN2. The lowest BCUT2D eigenvalue weighted by Gasteiger charge is -2.33. The zero-order valence-corrected chi connectivity index (χ0v) is 11.8. The van der Waals surface area contributed by atoms with E-state index in [1.807, 2.05) is 0 Å². The predicted octanol–water partition coefficient (Wildman–Crippen LogP) is 2.44. The number of alkyl halides is 1. The van der Waals surface area contributed by atoms with E-state index in [0.717, 1.165) is 11.2 Å². The van der Waals surface area contributed by atoms with Gasteiger partial charge in [0.2, 0.25) is 0 Å². The Morgan fingerprint density at radius 2 is 1.87 bits per heavy atom. The van der Waals surface area contributed by atoms with Crippen LogP contribution in [-0.2, 0) is 0 Å². The van der Waals surface area contributed by atoms with Gasteiger partial charge in [-0.2, -0.15) is 0 Å². The molecule has 1 aliphatic rings. The SMILES string of the molecule is CN(C)CC1CCN(CCCCBr)CC1. The molecule has 0 unspecified atom stereocenters. The van der Waals surface area contributed by atoms with Gasteiger partial charge in [0.15, 0.2) is 0 Å². The van der Waals surface area contributed by atoms with E-state index in [9.17, 15) is 0 Å². The lowest BCUT2D eigenvalue weighted by molar-refractivity contribution is 0.161. The molecule has 0 saturated carbocycles. The van der Waals surface area contributed by atoms with Gasteiger partial charge < -0.3 is 9.80 Å². The third-order valence-electron chi connectivity index (χ3n) is 3.19. The molecule has 0 aromatic heterocycles. The Hall–Kier alpha value is 0.400. The molecule has 0 radical (unpaired) electrons. The van der Waals surface area contributed by atoms with E-state index >= 15 is 0 Å².